The van der Waals surface area contributed by atoms with Gasteiger partial charge in [-0.1, -0.05) is 12.1 Å². The Kier molecular flexibility index (Phi) is 3.81. The second kappa shape index (κ2) is 5.36. The smallest absolute Gasteiger partial charge is 0.132 e. The van der Waals surface area contributed by atoms with Gasteiger partial charge in [-0.15, -0.1) is 0 Å². The van der Waals surface area contributed by atoms with Crippen LogP contribution < -0.4 is 10.5 Å². The molecule has 100 valence electrons. The number of aryl methyl sites for hydroxylation is 1. The Bertz CT molecular complexity index is 599. The van der Waals surface area contributed by atoms with Crippen molar-refractivity contribution in [2.45, 2.75) is 13.0 Å². The molecule has 19 heavy (non-hydrogen) atoms. The summed E-state index contributed by atoms with van der Waals surface area (Å²) in [5.74, 6) is -0.502. The van der Waals surface area contributed by atoms with E-state index in [9.17, 15) is 8.78 Å². The van der Waals surface area contributed by atoms with Crippen molar-refractivity contribution in [3.63, 3.8) is 0 Å². The van der Waals surface area contributed by atoms with Crippen LogP contribution in [0.25, 0.3) is 0 Å². The predicted octanol–water partition coefficient (Wildman–Crippen LogP) is 3.33. The Morgan fingerprint density at radius 1 is 1.16 bits per heavy atom. The fourth-order valence-electron chi connectivity index (χ4n) is 2.10. The zero-order valence-electron chi connectivity index (χ0n) is 10.8. The van der Waals surface area contributed by atoms with Crippen molar-refractivity contribution in [2.75, 3.05) is 7.11 Å². The predicted molar refractivity (Wildman–Crippen MR) is 70.1 cm³/mol. The summed E-state index contributed by atoms with van der Waals surface area (Å²) < 4.78 is 32.4. The SMILES string of the molecule is COc1cccc(F)c1C(N)c1cc(F)ccc1C. The zero-order valence-corrected chi connectivity index (χ0v) is 10.8. The Morgan fingerprint density at radius 3 is 2.58 bits per heavy atom. The van der Waals surface area contributed by atoms with E-state index in [4.69, 9.17) is 10.5 Å². The van der Waals surface area contributed by atoms with Crippen molar-refractivity contribution in [3.8, 4) is 5.75 Å². The fourth-order valence-corrected chi connectivity index (χ4v) is 2.10. The maximum Gasteiger partial charge on any atom is 0.132 e. The van der Waals surface area contributed by atoms with Gasteiger partial charge in [0.2, 0.25) is 0 Å². The third-order valence-corrected chi connectivity index (χ3v) is 3.12. The van der Waals surface area contributed by atoms with Gasteiger partial charge < -0.3 is 10.5 Å². The molecule has 0 bridgehead atoms. The maximum atomic E-state index is 14.0. The molecule has 0 aliphatic rings. The van der Waals surface area contributed by atoms with E-state index in [0.29, 0.717) is 11.3 Å². The van der Waals surface area contributed by atoms with Crippen LogP contribution in [0.2, 0.25) is 0 Å². The molecule has 0 aliphatic heterocycles. The van der Waals surface area contributed by atoms with Crippen LogP contribution in [0.1, 0.15) is 22.7 Å². The Morgan fingerprint density at radius 2 is 1.89 bits per heavy atom. The first-order valence-corrected chi connectivity index (χ1v) is 5.88. The molecule has 0 spiro atoms. The van der Waals surface area contributed by atoms with Gasteiger partial charge in [0.1, 0.15) is 17.4 Å². The molecule has 2 aromatic rings. The van der Waals surface area contributed by atoms with Crippen LogP contribution in [-0.4, -0.2) is 7.11 Å². The molecule has 0 saturated heterocycles. The van der Waals surface area contributed by atoms with Crippen LogP contribution in [0.15, 0.2) is 36.4 Å². The van der Waals surface area contributed by atoms with Crippen molar-refractivity contribution in [1.82, 2.24) is 0 Å². The van der Waals surface area contributed by atoms with Gasteiger partial charge in [-0.2, -0.15) is 0 Å². The standard InChI is InChI=1S/C15H15F2NO/c1-9-6-7-10(16)8-11(9)15(18)14-12(17)4-3-5-13(14)19-2/h3-8,15H,18H2,1-2H3. The topological polar surface area (TPSA) is 35.2 Å². The van der Waals surface area contributed by atoms with Gasteiger partial charge in [0.25, 0.3) is 0 Å². The molecule has 0 aromatic heterocycles. The first-order valence-electron chi connectivity index (χ1n) is 5.88. The van der Waals surface area contributed by atoms with E-state index < -0.39 is 17.7 Å². The summed E-state index contributed by atoms with van der Waals surface area (Å²) in [7, 11) is 1.45. The summed E-state index contributed by atoms with van der Waals surface area (Å²) >= 11 is 0. The molecule has 0 saturated carbocycles. The fraction of sp³-hybridized carbons (Fsp3) is 0.200. The lowest BCUT2D eigenvalue weighted by Gasteiger charge is -2.18. The molecule has 0 heterocycles. The highest BCUT2D eigenvalue weighted by Gasteiger charge is 2.20. The van der Waals surface area contributed by atoms with Crippen molar-refractivity contribution in [3.05, 3.63) is 64.7 Å². The highest BCUT2D eigenvalue weighted by molar-refractivity contribution is 5.44. The van der Waals surface area contributed by atoms with Crippen LogP contribution in [0.3, 0.4) is 0 Å². The monoisotopic (exact) mass is 263 g/mol. The average molecular weight is 263 g/mol. The van der Waals surface area contributed by atoms with Crippen molar-refractivity contribution in [1.29, 1.82) is 0 Å². The van der Waals surface area contributed by atoms with Gasteiger partial charge in [0.05, 0.1) is 18.7 Å². The molecule has 2 aromatic carbocycles. The third-order valence-electron chi connectivity index (χ3n) is 3.12. The minimum Gasteiger partial charge on any atom is -0.496 e. The molecular weight excluding hydrogens is 248 g/mol. The Labute approximate surface area is 110 Å². The van der Waals surface area contributed by atoms with Crippen LogP contribution >= 0.6 is 0 Å². The summed E-state index contributed by atoms with van der Waals surface area (Å²) in [6.45, 7) is 1.81. The number of hydrogen-bond donors (Lipinski definition) is 1. The number of methoxy groups -OCH3 is 1. The van der Waals surface area contributed by atoms with Crippen molar-refractivity contribution < 1.29 is 13.5 Å². The van der Waals surface area contributed by atoms with Crippen molar-refractivity contribution in [2.24, 2.45) is 5.73 Å². The van der Waals surface area contributed by atoms with Crippen LogP contribution in [0.4, 0.5) is 8.78 Å². The third kappa shape index (κ3) is 2.58. The van der Waals surface area contributed by atoms with Gasteiger partial charge in [0, 0.05) is 0 Å². The van der Waals surface area contributed by atoms with E-state index in [1.165, 1.54) is 25.3 Å². The van der Waals surface area contributed by atoms with E-state index in [-0.39, 0.29) is 5.56 Å². The molecule has 0 amide bonds. The van der Waals surface area contributed by atoms with E-state index in [1.54, 1.807) is 18.2 Å². The van der Waals surface area contributed by atoms with Gasteiger partial charge in [0.15, 0.2) is 0 Å². The molecule has 2 rings (SSSR count). The summed E-state index contributed by atoms with van der Waals surface area (Å²) in [4.78, 5) is 0. The second-order valence-electron chi connectivity index (χ2n) is 4.33. The van der Waals surface area contributed by atoms with Crippen LogP contribution in [0, 0.1) is 18.6 Å². The number of hydrogen-bond acceptors (Lipinski definition) is 2. The normalized spacial score (nSPS) is 12.3. The highest BCUT2D eigenvalue weighted by atomic mass is 19.1. The molecule has 0 radical (unpaired) electrons. The van der Waals surface area contributed by atoms with Gasteiger partial charge in [-0.3, -0.25) is 0 Å². The first-order chi connectivity index (χ1) is 9.04. The lowest BCUT2D eigenvalue weighted by molar-refractivity contribution is 0.402. The lowest BCUT2D eigenvalue weighted by atomic mass is 9.94. The quantitative estimate of drug-likeness (QED) is 0.921. The molecule has 2 N–H and O–H groups in total. The van der Waals surface area contributed by atoms with E-state index in [1.807, 2.05) is 6.92 Å². The molecule has 0 fully saturated rings. The van der Waals surface area contributed by atoms with Crippen LogP contribution in [-0.2, 0) is 0 Å². The van der Waals surface area contributed by atoms with Gasteiger partial charge >= 0.3 is 0 Å². The average Bonchev–Trinajstić information content (AvgIpc) is 2.40. The van der Waals surface area contributed by atoms with Crippen molar-refractivity contribution >= 4 is 0 Å². The van der Waals surface area contributed by atoms with E-state index in [2.05, 4.69) is 0 Å². The molecule has 4 heteroatoms. The molecule has 1 atom stereocenters. The minimum absolute atomic E-state index is 0.235. The Balaban J connectivity index is 2.55. The molecule has 0 aliphatic carbocycles. The largest absolute Gasteiger partial charge is 0.496 e. The highest BCUT2D eigenvalue weighted by Crippen LogP contribution is 2.32. The lowest BCUT2D eigenvalue weighted by Crippen LogP contribution is -2.16. The maximum absolute atomic E-state index is 14.0. The number of nitrogens with two attached hydrogens (primary N) is 1. The van der Waals surface area contributed by atoms with E-state index >= 15 is 0 Å². The second-order valence-corrected chi connectivity index (χ2v) is 4.33. The first kappa shape index (κ1) is 13.5. The Hall–Kier alpha value is -1.94. The zero-order chi connectivity index (χ0) is 14.0. The number of halogens is 2. The number of rotatable bonds is 3. The van der Waals surface area contributed by atoms with Gasteiger partial charge in [-0.05, 0) is 42.3 Å². The molecule has 1 unspecified atom stereocenters. The summed E-state index contributed by atoms with van der Waals surface area (Å²) in [5, 5.41) is 0. The molecular formula is C15H15F2NO. The molecule has 2 nitrogen and oxygen atoms in total. The van der Waals surface area contributed by atoms with Gasteiger partial charge in [-0.25, -0.2) is 8.78 Å². The number of benzene rings is 2. The van der Waals surface area contributed by atoms with Crippen LogP contribution in [0.5, 0.6) is 5.75 Å². The number of ether oxygens (including phenoxy) is 1. The summed E-state index contributed by atoms with van der Waals surface area (Å²) in [6, 6.07) is 8.02. The summed E-state index contributed by atoms with van der Waals surface area (Å²) in [5.41, 5.74) is 7.66. The van der Waals surface area contributed by atoms with E-state index in [0.717, 1.165) is 5.56 Å². The minimum atomic E-state index is -0.771. The summed E-state index contributed by atoms with van der Waals surface area (Å²) in [6.07, 6.45) is 0.